The first-order valence-electron chi connectivity index (χ1n) is 7.27. The topological polar surface area (TPSA) is 29.1 Å². The second kappa shape index (κ2) is 7.54. The number of hydrogen-bond acceptors (Lipinski definition) is 1. The van der Waals surface area contributed by atoms with Crippen LogP contribution in [0.2, 0.25) is 0 Å². The van der Waals surface area contributed by atoms with E-state index < -0.39 is 0 Å². The third-order valence-corrected chi connectivity index (χ3v) is 3.97. The summed E-state index contributed by atoms with van der Waals surface area (Å²) >= 11 is 5.62. The van der Waals surface area contributed by atoms with Crippen molar-refractivity contribution >= 4 is 17.5 Å². The van der Waals surface area contributed by atoms with Gasteiger partial charge in [-0.05, 0) is 55.4 Å². The van der Waals surface area contributed by atoms with Crippen LogP contribution in [0.25, 0.3) is 0 Å². The Morgan fingerprint density at radius 1 is 1.11 bits per heavy atom. The highest BCUT2D eigenvalue weighted by Crippen LogP contribution is 2.22. The van der Waals surface area contributed by atoms with Gasteiger partial charge in [0.15, 0.2) is 0 Å². The molecule has 1 aliphatic carbocycles. The summed E-state index contributed by atoms with van der Waals surface area (Å²) in [4.78, 5) is 12.0. The number of alkyl halides is 1. The van der Waals surface area contributed by atoms with Gasteiger partial charge in [0.05, 0.1) is 0 Å². The molecule has 0 radical (unpaired) electrons. The van der Waals surface area contributed by atoms with Crippen LogP contribution >= 0.6 is 11.6 Å². The molecule has 0 spiro atoms. The minimum Gasteiger partial charge on any atom is -0.352 e. The van der Waals surface area contributed by atoms with Crippen molar-refractivity contribution in [3.8, 4) is 0 Å². The Labute approximate surface area is 120 Å². The normalized spacial score (nSPS) is 13.3. The van der Waals surface area contributed by atoms with Crippen LogP contribution in [0.5, 0.6) is 0 Å². The number of unbranched alkanes of at least 4 members (excludes halogenated alkanes) is 3. The largest absolute Gasteiger partial charge is 0.352 e. The van der Waals surface area contributed by atoms with E-state index in [1.807, 2.05) is 6.07 Å². The summed E-state index contributed by atoms with van der Waals surface area (Å²) in [5.74, 6) is 0.800. The van der Waals surface area contributed by atoms with Gasteiger partial charge < -0.3 is 5.32 Å². The number of aryl methyl sites for hydroxylation is 2. The van der Waals surface area contributed by atoms with E-state index in [0.717, 1.165) is 56.5 Å². The molecule has 0 heterocycles. The number of halogens is 1. The second-order valence-corrected chi connectivity index (χ2v) is 5.57. The van der Waals surface area contributed by atoms with Gasteiger partial charge in [-0.3, -0.25) is 4.79 Å². The van der Waals surface area contributed by atoms with Gasteiger partial charge in [0.1, 0.15) is 0 Å². The van der Waals surface area contributed by atoms with Crippen LogP contribution in [0.3, 0.4) is 0 Å². The Bertz CT molecular complexity index is 431. The maximum Gasteiger partial charge on any atom is 0.251 e. The Morgan fingerprint density at radius 2 is 1.89 bits per heavy atom. The van der Waals surface area contributed by atoms with E-state index in [-0.39, 0.29) is 5.91 Å². The molecule has 0 unspecified atom stereocenters. The fraction of sp³-hybridized carbons (Fsp3) is 0.562. The van der Waals surface area contributed by atoms with Crippen molar-refractivity contribution in [2.24, 2.45) is 0 Å². The highest BCUT2D eigenvalue weighted by molar-refractivity contribution is 6.17. The van der Waals surface area contributed by atoms with Gasteiger partial charge in [0.2, 0.25) is 0 Å². The second-order valence-electron chi connectivity index (χ2n) is 5.20. The number of carbonyl (C=O) groups excluding carboxylic acids is 1. The monoisotopic (exact) mass is 279 g/mol. The summed E-state index contributed by atoms with van der Waals surface area (Å²) in [5.41, 5.74) is 3.58. The fourth-order valence-electron chi connectivity index (χ4n) is 2.59. The maximum absolute atomic E-state index is 12.0. The van der Waals surface area contributed by atoms with E-state index >= 15 is 0 Å². The van der Waals surface area contributed by atoms with Crippen molar-refractivity contribution in [2.75, 3.05) is 12.4 Å². The smallest absolute Gasteiger partial charge is 0.251 e. The molecule has 3 heteroatoms. The van der Waals surface area contributed by atoms with Crippen molar-refractivity contribution in [3.63, 3.8) is 0 Å². The molecule has 0 fully saturated rings. The average Bonchev–Trinajstić information content (AvgIpc) is 2.89. The quantitative estimate of drug-likeness (QED) is 0.598. The van der Waals surface area contributed by atoms with Crippen LogP contribution in [0.4, 0.5) is 0 Å². The van der Waals surface area contributed by atoms with E-state index in [2.05, 4.69) is 17.4 Å². The van der Waals surface area contributed by atoms with Crippen LogP contribution in [0.15, 0.2) is 18.2 Å². The third kappa shape index (κ3) is 4.24. The van der Waals surface area contributed by atoms with E-state index in [4.69, 9.17) is 11.6 Å². The zero-order valence-electron chi connectivity index (χ0n) is 11.4. The molecule has 1 N–H and O–H groups in total. The van der Waals surface area contributed by atoms with Gasteiger partial charge in [0, 0.05) is 18.0 Å². The Balaban J connectivity index is 1.74. The van der Waals surface area contributed by atoms with Crippen LogP contribution in [-0.2, 0) is 12.8 Å². The summed E-state index contributed by atoms with van der Waals surface area (Å²) in [7, 11) is 0. The van der Waals surface area contributed by atoms with Crippen LogP contribution in [0, 0.1) is 0 Å². The van der Waals surface area contributed by atoms with Gasteiger partial charge in [-0.15, -0.1) is 11.6 Å². The van der Waals surface area contributed by atoms with Gasteiger partial charge >= 0.3 is 0 Å². The lowest BCUT2D eigenvalue weighted by Crippen LogP contribution is -2.24. The molecule has 2 nitrogen and oxygen atoms in total. The average molecular weight is 280 g/mol. The molecule has 1 aromatic carbocycles. The minimum atomic E-state index is 0.0621. The van der Waals surface area contributed by atoms with Crippen molar-refractivity contribution in [1.29, 1.82) is 0 Å². The number of nitrogens with one attached hydrogen (secondary N) is 1. The maximum atomic E-state index is 12.0. The molecule has 0 atom stereocenters. The Morgan fingerprint density at radius 3 is 2.74 bits per heavy atom. The standard InChI is InChI=1S/C16H22ClNO/c17-10-3-1-2-4-11-18-16(19)15-9-8-13-6-5-7-14(13)12-15/h8-9,12H,1-7,10-11H2,(H,18,19). The lowest BCUT2D eigenvalue weighted by Gasteiger charge is -2.07. The summed E-state index contributed by atoms with van der Waals surface area (Å²) < 4.78 is 0. The predicted molar refractivity (Wildman–Crippen MR) is 80.0 cm³/mol. The summed E-state index contributed by atoms with van der Waals surface area (Å²) in [6, 6.07) is 6.12. The number of carbonyl (C=O) groups is 1. The first kappa shape index (κ1) is 14.4. The van der Waals surface area contributed by atoms with Gasteiger partial charge in [-0.2, -0.15) is 0 Å². The molecule has 19 heavy (non-hydrogen) atoms. The molecule has 2 rings (SSSR count). The van der Waals surface area contributed by atoms with Crippen LogP contribution < -0.4 is 5.32 Å². The number of benzene rings is 1. The molecule has 0 bridgehead atoms. The Hall–Kier alpha value is -1.02. The van der Waals surface area contributed by atoms with Crippen LogP contribution in [0.1, 0.15) is 53.6 Å². The van der Waals surface area contributed by atoms with E-state index in [0.29, 0.717) is 0 Å². The third-order valence-electron chi connectivity index (χ3n) is 3.71. The first-order chi connectivity index (χ1) is 9.31. The molecule has 1 amide bonds. The predicted octanol–water partition coefficient (Wildman–Crippen LogP) is 3.70. The summed E-state index contributed by atoms with van der Waals surface area (Å²) in [6.45, 7) is 0.762. The van der Waals surface area contributed by atoms with Gasteiger partial charge in [-0.1, -0.05) is 18.9 Å². The van der Waals surface area contributed by atoms with Crippen molar-refractivity contribution < 1.29 is 4.79 Å². The van der Waals surface area contributed by atoms with Gasteiger partial charge in [-0.25, -0.2) is 0 Å². The number of rotatable bonds is 7. The SMILES string of the molecule is O=C(NCCCCCCCl)c1ccc2c(c1)CCC2. The number of hydrogen-bond donors (Lipinski definition) is 1. The molecule has 0 aromatic heterocycles. The van der Waals surface area contributed by atoms with Crippen LogP contribution in [-0.4, -0.2) is 18.3 Å². The summed E-state index contributed by atoms with van der Waals surface area (Å²) in [5, 5.41) is 3.00. The molecular formula is C16H22ClNO. The molecule has 104 valence electrons. The van der Waals surface area contributed by atoms with Crippen molar-refractivity contribution in [1.82, 2.24) is 5.32 Å². The fourth-order valence-corrected chi connectivity index (χ4v) is 2.78. The highest BCUT2D eigenvalue weighted by Gasteiger charge is 2.13. The lowest BCUT2D eigenvalue weighted by atomic mass is 10.1. The molecular weight excluding hydrogens is 258 g/mol. The number of fused-ring (bicyclic) bond motifs is 1. The number of amides is 1. The van der Waals surface area contributed by atoms with E-state index in [1.54, 1.807) is 0 Å². The zero-order valence-corrected chi connectivity index (χ0v) is 12.1. The van der Waals surface area contributed by atoms with Crippen molar-refractivity contribution in [3.05, 3.63) is 34.9 Å². The van der Waals surface area contributed by atoms with E-state index in [1.165, 1.54) is 17.5 Å². The highest BCUT2D eigenvalue weighted by atomic mass is 35.5. The van der Waals surface area contributed by atoms with Crippen molar-refractivity contribution in [2.45, 2.75) is 44.9 Å². The molecule has 1 aromatic rings. The molecule has 0 aliphatic heterocycles. The van der Waals surface area contributed by atoms with Gasteiger partial charge in [0.25, 0.3) is 5.91 Å². The molecule has 0 saturated carbocycles. The molecule has 1 aliphatic rings. The lowest BCUT2D eigenvalue weighted by molar-refractivity contribution is 0.0953. The summed E-state index contributed by atoms with van der Waals surface area (Å²) in [6.07, 6.45) is 7.90. The first-order valence-corrected chi connectivity index (χ1v) is 7.80. The molecule has 0 saturated heterocycles. The zero-order chi connectivity index (χ0) is 13.5. The van der Waals surface area contributed by atoms with E-state index in [9.17, 15) is 4.79 Å². The Kier molecular flexibility index (Phi) is 5.71. The minimum absolute atomic E-state index is 0.0621.